The molecular formula is C22H30N2O3. The minimum Gasteiger partial charge on any atom is -0.497 e. The normalized spacial score (nSPS) is 12.1. The van der Waals surface area contributed by atoms with E-state index in [2.05, 4.69) is 19.2 Å². The Kier molecular flexibility index (Phi) is 7.67. The van der Waals surface area contributed by atoms with Crippen molar-refractivity contribution >= 4 is 5.91 Å². The minimum absolute atomic E-state index is 0.00918. The number of hydrogen-bond donors (Lipinski definition) is 1. The first-order valence-corrected chi connectivity index (χ1v) is 9.17. The lowest BCUT2D eigenvalue weighted by Crippen LogP contribution is -2.38. The largest absolute Gasteiger partial charge is 0.497 e. The molecule has 2 aromatic rings. The van der Waals surface area contributed by atoms with Crippen molar-refractivity contribution < 1.29 is 14.3 Å². The molecule has 1 atom stereocenters. The smallest absolute Gasteiger partial charge is 0.234 e. The van der Waals surface area contributed by atoms with Gasteiger partial charge >= 0.3 is 0 Å². The highest BCUT2D eigenvalue weighted by Gasteiger charge is 2.19. The van der Waals surface area contributed by atoms with E-state index in [4.69, 9.17) is 9.47 Å². The summed E-state index contributed by atoms with van der Waals surface area (Å²) in [7, 11) is 5.24. The average Bonchev–Trinajstić information content (AvgIpc) is 2.66. The highest BCUT2D eigenvalue weighted by molar-refractivity contribution is 5.78. The van der Waals surface area contributed by atoms with E-state index in [1.54, 1.807) is 14.2 Å². The molecule has 5 heteroatoms. The molecule has 146 valence electrons. The van der Waals surface area contributed by atoms with Crippen molar-refractivity contribution in [1.82, 2.24) is 10.2 Å². The van der Waals surface area contributed by atoms with Gasteiger partial charge in [-0.25, -0.2) is 0 Å². The van der Waals surface area contributed by atoms with Crippen LogP contribution in [0, 0.1) is 5.92 Å². The molecule has 1 N–H and O–H groups in total. The number of likely N-dealkylation sites (N-methyl/N-ethyl adjacent to an activating group) is 1. The predicted octanol–water partition coefficient (Wildman–Crippen LogP) is 3.65. The van der Waals surface area contributed by atoms with Crippen LogP contribution in [0.15, 0.2) is 48.5 Å². The molecule has 1 amide bonds. The summed E-state index contributed by atoms with van der Waals surface area (Å²) in [6.07, 6.45) is 0. The van der Waals surface area contributed by atoms with Gasteiger partial charge in [0, 0.05) is 6.54 Å². The molecule has 0 saturated heterocycles. The van der Waals surface area contributed by atoms with Crippen molar-refractivity contribution in [2.45, 2.75) is 26.4 Å². The van der Waals surface area contributed by atoms with Crippen LogP contribution in [0.1, 0.15) is 31.0 Å². The third-order valence-corrected chi connectivity index (χ3v) is 4.46. The van der Waals surface area contributed by atoms with Crippen molar-refractivity contribution in [2.24, 2.45) is 5.92 Å². The van der Waals surface area contributed by atoms with Crippen LogP contribution in [0.4, 0.5) is 0 Å². The van der Waals surface area contributed by atoms with Crippen LogP contribution in [0.25, 0.3) is 0 Å². The molecule has 0 aliphatic heterocycles. The van der Waals surface area contributed by atoms with E-state index in [0.29, 0.717) is 13.1 Å². The molecule has 0 radical (unpaired) electrons. The van der Waals surface area contributed by atoms with Crippen LogP contribution < -0.4 is 14.8 Å². The molecule has 5 nitrogen and oxygen atoms in total. The first kappa shape index (κ1) is 20.8. The Bertz CT molecular complexity index is 729. The summed E-state index contributed by atoms with van der Waals surface area (Å²) in [5.74, 6) is 1.93. The number of carbonyl (C=O) groups excluding carboxylic acids is 1. The van der Waals surface area contributed by atoms with Crippen LogP contribution >= 0.6 is 0 Å². The lowest BCUT2D eigenvalue weighted by molar-refractivity contribution is -0.123. The number of ether oxygens (including phenoxy) is 2. The van der Waals surface area contributed by atoms with Crippen molar-refractivity contribution in [3.63, 3.8) is 0 Å². The fraction of sp³-hybridized carbons (Fsp3) is 0.409. The summed E-state index contributed by atoms with van der Waals surface area (Å²) in [4.78, 5) is 14.6. The molecule has 2 aromatic carbocycles. The second-order valence-corrected chi connectivity index (χ2v) is 7.09. The first-order chi connectivity index (χ1) is 12.9. The Balaban J connectivity index is 1.96. The van der Waals surface area contributed by atoms with Gasteiger partial charge < -0.3 is 14.8 Å². The Morgan fingerprint density at radius 3 is 2.30 bits per heavy atom. The molecular weight excluding hydrogens is 340 g/mol. The topological polar surface area (TPSA) is 50.8 Å². The molecule has 0 fully saturated rings. The van der Waals surface area contributed by atoms with Gasteiger partial charge in [-0.1, -0.05) is 38.1 Å². The lowest BCUT2D eigenvalue weighted by Gasteiger charge is -2.25. The van der Waals surface area contributed by atoms with E-state index in [0.717, 1.165) is 22.6 Å². The van der Waals surface area contributed by atoms with Gasteiger partial charge in [0.15, 0.2) is 0 Å². The van der Waals surface area contributed by atoms with E-state index >= 15 is 0 Å². The van der Waals surface area contributed by atoms with Gasteiger partial charge in [-0.05, 0) is 48.4 Å². The van der Waals surface area contributed by atoms with Gasteiger partial charge in [0.25, 0.3) is 0 Å². The molecule has 0 saturated carbocycles. The third kappa shape index (κ3) is 6.29. The maximum absolute atomic E-state index is 12.6. The minimum atomic E-state index is -0.0337. The van der Waals surface area contributed by atoms with Crippen LogP contribution in [-0.4, -0.2) is 38.6 Å². The van der Waals surface area contributed by atoms with E-state index in [1.807, 2.05) is 60.5 Å². The zero-order valence-electron chi connectivity index (χ0n) is 16.9. The van der Waals surface area contributed by atoms with E-state index < -0.39 is 0 Å². The molecule has 27 heavy (non-hydrogen) atoms. The predicted molar refractivity (Wildman–Crippen MR) is 108 cm³/mol. The van der Waals surface area contributed by atoms with Crippen molar-refractivity contribution in [3.8, 4) is 11.5 Å². The molecule has 0 aromatic heterocycles. The van der Waals surface area contributed by atoms with Gasteiger partial charge in [-0.3, -0.25) is 9.69 Å². The Morgan fingerprint density at radius 2 is 1.70 bits per heavy atom. The number of rotatable bonds is 9. The monoisotopic (exact) mass is 370 g/mol. The Morgan fingerprint density at radius 1 is 1.04 bits per heavy atom. The highest BCUT2D eigenvalue weighted by atomic mass is 16.5. The molecule has 0 aliphatic carbocycles. The zero-order chi connectivity index (χ0) is 19.8. The summed E-state index contributed by atoms with van der Waals surface area (Å²) in [6.45, 7) is 5.22. The van der Waals surface area contributed by atoms with E-state index in [1.165, 1.54) is 0 Å². The van der Waals surface area contributed by atoms with Crippen molar-refractivity contribution in [1.29, 1.82) is 0 Å². The van der Waals surface area contributed by atoms with Crippen LogP contribution in [0.3, 0.4) is 0 Å². The number of methoxy groups -OCH3 is 2. The number of nitrogens with zero attached hydrogens (tertiary/aromatic N) is 1. The molecule has 0 bridgehead atoms. The third-order valence-electron chi connectivity index (χ3n) is 4.46. The number of amides is 1. The van der Waals surface area contributed by atoms with Gasteiger partial charge in [-0.15, -0.1) is 0 Å². The summed E-state index contributed by atoms with van der Waals surface area (Å²) in [5, 5.41) is 3.16. The lowest BCUT2D eigenvalue weighted by atomic mass is 9.96. The fourth-order valence-corrected chi connectivity index (χ4v) is 3.05. The SMILES string of the molecule is COc1ccc(C(NC(=O)CN(C)Cc2cccc(OC)c2)C(C)C)cc1. The van der Waals surface area contributed by atoms with Gasteiger partial charge in [0.1, 0.15) is 11.5 Å². The average molecular weight is 370 g/mol. The maximum atomic E-state index is 12.6. The number of nitrogens with one attached hydrogen (secondary N) is 1. The van der Waals surface area contributed by atoms with E-state index in [-0.39, 0.29) is 17.9 Å². The second kappa shape index (κ2) is 9.97. The Hall–Kier alpha value is -2.53. The van der Waals surface area contributed by atoms with Crippen LogP contribution in [0.2, 0.25) is 0 Å². The second-order valence-electron chi connectivity index (χ2n) is 7.09. The van der Waals surface area contributed by atoms with Gasteiger partial charge in [-0.2, -0.15) is 0 Å². The molecule has 0 aliphatic rings. The highest BCUT2D eigenvalue weighted by Crippen LogP contribution is 2.24. The number of hydrogen-bond acceptors (Lipinski definition) is 4. The van der Waals surface area contributed by atoms with Crippen molar-refractivity contribution in [3.05, 3.63) is 59.7 Å². The number of benzene rings is 2. The van der Waals surface area contributed by atoms with Gasteiger partial charge in [0.2, 0.25) is 5.91 Å². The Labute approximate surface area is 162 Å². The van der Waals surface area contributed by atoms with Crippen LogP contribution in [0.5, 0.6) is 11.5 Å². The molecule has 2 rings (SSSR count). The van der Waals surface area contributed by atoms with Crippen LogP contribution in [-0.2, 0) is 11.3 Å². The van der Waals surface area contributed by atoms with Gasteiger partial charge in [0.05, 0.1) is 26.8 Å². The van der Waals surface area contributed by atoms with E-state index in [9.17, 15) is 4.79 Å². The molecule has 1 unspecified atom stereocenters. The fourth-order valence-electron chi connectivity index (χ4n) is 3.05. The summed E-state index contributed by atoms with van der Waals surface area (Å²) in [6, 6.07) is 15.7. The first-order valence-electron chi connectivity index (χ1n) is 9.17. The van der Waals surface area contributed by atoms with Crippen molar-refractivity contribution in [2.75, 3.05) is 27.8 Å². The summed E-state index contributed by atoms with van der Waals surface area (Å²) in [5.41, 5.74) is 2.19. The zero-order valence-corrected chi connectivity index (χ0v) is 16.9. The molecule has 0 heterocycles. The molecule has 0 spiro atoms. The maximum Gasteiger partial charge on any atom is 0.234 e. The standard InChI is InChI=1S/C22H30N2O3/c1-16(2)22(18-9-11-19(26-4)12-10-18)23-21(25)15-24(3)14-17-7-6-8-20(13-17)27-5/h6-13,16,22H,14-15H2,1-5H3,(H,23,25). The quantitative estimate of drug-likeness (QED) is 0.732. The summed E-state index contributed by atoms with van der Waals surface area (Å²) >= 11 is 0. The number of carbonyl (C=O) groups is 1. The summed E-state index contributed by atoms with van der Waals surface area (Å²) < 4.78 is 10.5.